The quantitative estimate of drug-likeness (QED) is 0.737. The van der Waals surface area contributed by atoms with E-state index in [0.29, 0.717) is 0 Å². The number of carbonyl (C=O) groups is 1. The molecule has 0 aliphatic heterocycles. The molecule has 0 spiro atoms. The molecule has 3 heteroatoms. The summed E-state index contributed by atoms with van der Waals surface area (Å²) in [6, 6.07) is 9.50. The van der Waals surface area contributed by atoms with Crippen molar-refractivity contribution in [2.75, 3.05) is 4.90 Å². The van der Waals surface area contributed by atoms with Crippen molar-refractivity contribution in [2.24, 2.45) is 0 Å². The van der Waals surface area contributed by atoms with Crippen molar-refractivity contribution in [3.63, 3.8) is 0 Å². The van der Waals surface area contributed by atoms with Gasteiger partial charge in [0.1, 0.15) is 5.76 Å². The van der Waals surface area contributed by atoms with Crippen LogP contribution >= 0.6 is 0 Å². The molecule has 0 fully saturated rings. The predicted molar refractivity (Wildman–Crippen MR) is 62.8 cm³/mol. The van der Waals surface area contributed by atoms with Crippen molar-refractivity contribution >= 4 is 17.8 Å². The number of benzene rings is 1. The lowest BCUT2D eigenvalue weighted by atomic mass is 10.2. The summed E-state index contributed by atoms with van der Waals surface area (Å²) >= 11 is 0. The molecule has 1 heterocycles. The average Bonchev–Trinajstić information content (AvgIpc) is 2.63. The Kier molecular flexibility index (Phi) is 2.77. The van der Waals surface area contributed by atoms with E-state index in [1.807, 2.05) is 44.2 Å². The van der Waals surface area contributed by atoms with E-state index in [0.717, 1.165) is 29.1 Å². The summed E-state index contributed by atoms with van der Waals surface area (Å²) in [5, 5.41) is 0. The topological polar surface area (TPSA) is 33.5 Å². The number of carbonyl (C=O) groups excluding carboxylic acids is 1. The maximum atomic E-state index is 11.2. The number of aryl methyl sites for hydroxylation is 2. The number of furan rings is 1. The van der Waals surface area contributed by atoms with Crippen molar-refractivity contribution in [3.8, 4) is 0 Å². The Morgan fingerprint density at radius 1 is 1.19 bits per heavy atom. The third-order valence-corrected chi connectivity index (χ3v) is 2.50. The number of rotatable bonds is 3. The fourth-order valence-electron chi connectivity index (χ4n) is 1.76. The smallest absolute Gasteiger partial charge is 0.218 e. The van der Waals surface area contributed by atoms with Gasteiger partial charge < -0.3 is 4.42 Å². The fourth-order valence-corrected chi connectivity index (χ4v) is 1.76. The molecule has 82 valence electrons. The van der Waals surface area contributed by atoms with Crippen molar-refractivity contribution in [2.45, 2.75) is 13.8 Å². The number of para-hydroxylation sites is 1. The molecule has 1 amide bonds. The standard InChI is InChI=1S/C13H13NO2/c1-10-8-16-11(2)13(10)14(9-15)12-6-4-3-5-7-12/h3-9H,1-2H3. The highest BCUT2D eigenvalue weighted by Gasteiger charge is 2.15. The zero-order valence-corrected chi connectivity index (χ0v) is 9.31. The van der Waals surface area contributed by atoms with Gasteiger partial charge in [-0.2, -0.15) is 0 Å². The first-order chi connectivity index (χ1) is 7.74. The molecule has 0 aliphatic rings. The number of nitrogens with zero attached hydrogens (tertiary/aromatic N) is 1. The Balaban J connectivity index is 2.49. The van der Waals surface area contributed by atoms with Gasteiger partial charge in [-0.3, -0.25) is 9.69 Å². The lowest BCUT2D eigenvalue weighted by Gasteiger charge is -2.17. The summed E-state index contributed by atoms with van der Waals surface area (Å²) in [6.07, 6.45) is 2.46. The SMILES string of the molecule is Cc1coc(C)c1N(C=O)c1ccccc1. The molecule has 0 N–H and O–H groups in total. The molecule has 2 rings (SSSR count). The van der Waals surface area contributed by atoms with Crippen molar-refractivity contribution in [1.82, 2.24) is 0 Å². The molecule has 1 aromatic heterocycles. The summed E-state index contributed by atoms with van der Waals surface area (Å²) in [4.78, 5) is 12.8. The predicted octanol–water partition coefficient (Wildman–Crippen LogP) is 3.19. The second-order valence-corrected chi connectivity index (χ2v) is 3.63. The second kappa shape index (κ2) is 4.23. The van der Waals surface area contributed by atoms with Crippen LogP contribution in [0.5, 0.6) is 0 Å². The van der Waals surface area contributed by atoms with Gasteiger partial charge in [-0.25, -0.2) is 0 Å². The average molecular weight is 215 g/mol. The Bertz CT molecular complexity index is 468. The molecule has 3 nitrogen and oxygen atoms in total. The highest BCUT2D eigenvalue weighted by Crippen LogP contribution is 2.31. The fraction of sp³-hybridized carbons (Fsp3) is 0.154. The van der Waals surface area contributed by atoms with E-state index in [9.17, 15) is 4.79 Å². The molecule has 16 heavy (non-hydrogen) atoms. The van der Waals surface area contributed by atoms with Crippen LogP contribution in [0, 0.1) is 13.8 Å². The maximum absolute atomic E-state index is 11.2. The van der Waals surface area contributed by atoms with Gasteiger partial charge in [-0.1, -0.05) is 18.2 Å². The van der Waals surface area contributed by atoms with E-state index >= 15 is 0 Å². The van der Waals surface area contributed by atoms with E-state index < -0.39 is 0 Å². The number of hydrogen-bond donors (Lipinski definition) is 0. The summed E-state index contributed by atoms with van der Waals surface area (Å²) in [5.41, 5.74) is 2.61. The summed E-state index contributed by atoms with van der Waals surface area (Å²) < 4.78 is 5.30. The minimum Gasteiger partial charge on any atom is -0.467 e. The van der Waals surface area contributed by atoms with Crippen molar-refractivity contribution in [1.29, 1.82) is 0 Å². The Labute approximate surface area is 94.3 Å². The molecule has 0 aliphatic carbocycles. The molecule has 0 atom stereocenters. The van der Waals surface area contributed by atoms with Crippen LogP contribution in [0.15, 0.2) is 41.0 Å². The first-order valence-corrected chi connectivity index (χ1v) is 5.08. The molecule has 0 saturated carbocycles. The second-order valence-electron chi connectivity index (χ2n) is 3.63. The normalized spacial score (nSPS) is 10.1. The van der Waals surface area contributed by atoms with Crippen LogP contribution in [0.4, 0.5) is 11.4 Å². The highest BCUT2D eigenvalue weighted by atomic mass is 16.3. The van der Waals surface area contributed by atoms with Crippen LogP contribution in [0.3, 0.4) is 0 Å². The zero-order chi connectivity index (χ0) is 11.5. The van der Waals surface area contributed by atoms with Gasteiger partial charge in [0.05, 0.1) is 12.0 Å². The lowest BCUT2D eigenvalue weighted by molar-refractivity contribution is -0.106. The largest absolute Gasteiger partial charge is 0.467 e. The van der Waals surface area contributed by atoms with Gasteiger partial charge in [0.2, 0.25) is 6.41 Å². The van der Waals surface area contributed by atoms with Crippen molar-refractivity contribution < 1.29 is 9.21 Å². The maximum Gasteiger partial charge on any atom is 0.218 e. The van der Waals surface area contributed by atoms with Crippen LogP contribution in [-0.2, 0) is 4.79 Å². The summed E-state index contributed by atoms with van der Waals surface area (Å²) in [7, 11) is 0. The van der Waals surface area contributed by atoms with Gasteiger partial charge in [0, 0.05) is 11.3 Å². The minimum absolute atomic E-state index is 0.744. The minimum atomic E-state index is 0.744. The van der Waals surface area contributed by atoms with E-state index in [1.54, 1.807) is 11.2 Å². The highest BCUT2D eigenvalue weighted by molar-refractivity contribution is 5.88. The first kappa shape index (κ1) is 10.5. The van der Waals surface area contributed by atoms with Gasteiger partial charge >= 0.3 is 0 Å². The van der Waals surface area contributed by atoms with E-state index in [2.05, 4.69) is 0 Å². The van der Waals surface area contributed by atoms with Crippen LogP contribution in [0.1, 0.15) is 11.3 Å². The van der Waals surface area contributed by atoms with Gasteiger partial charge in [0.25, 0.3) is 0 Å². The van der Waals surface area contributed by atoms with E-state index in [-0.39, 0.29) is 0 Å². The zero-order valence-electron chi connectivity index (χ0n) is 9.31. The Morgan fingerprint density at radius 3 is 2.38 bits per heavy atom. The summed E-state index contributed by atoms with van der Waals surface area (Å²) in [6.45, 7) is 3.77. The first-order valence-electron chi connectivity index (χ1n) is 5.08. The Hall–Kier alpha value is -2.03. The van der Waals surface area contributed by atoms with Gasteiger partial charge in [0.15, 0.2) is 0 Å². The molecular formula is C13H13NO2. The monoisotopic (exact) mass is 215 g/mol. The third-order valence-electron chi connectivity index (χ3n) is 2.50. The molecule has 2 aromatic rings. The number of anilines is 2. The molecule has 0 bridgehead atoms. The number of amides is 1. The summed E-state index contributed by atoms with van der Waals surface area (Å²) in [5.74, 6) is 0.744. The van der Waals surface area contributed by atoms with E-state index in [1.165, 1.54) is 0 Å². The van der Waals surface area contributed by atoms with Crippen LogP contribution in [0.2, 0.25) is 0 Å². The van der Waals surface area contributed by atoms with Crippen molar-refractivity contribution in [3.05, 3.63) is 47.9 Å². The van der Waals surface area contributed by atoms with Crippen LogP contribution < -0.4 is 4.90 Å². The third kappa shape index (κ3) is 1.72. The van der Waals surface area contributed by atoms with Gasteiger partial charge in [-0.05, 0) is 26.0 Å². The lowest BCUT2D eigenvalue weighted by Crippen LogP contribution is -2.15. The molecule has 0 saturated heterocycles. The molecule has 0 unspecified atom stereocenters. The van der Waals surface area contributed by atoms with E-state index in [4.69, 9.17) is 4.42 Å². The number of hydrogen-bond acceptors (Lipinski definition) is 2. The molecular weight excluding hydrogens is 202 g/mol. The Morgan fingerprint density at radius 2 is 1.88 bits per heavy atom. The molecule has 1 aromatic carbocycles. The van der Waals surface area contributed by atoms with Crippen LogP contribution in [-0.4, -0.2) is 6.41 Å². The van der Waals surface area contributed by atoms with Crippen LogP contribution in [0.25, 0.3) is 0 Å². The van der Waals surface area contributed by atoms with Gasteiger partial charge in [-0.15, -0.1) is 0 Å². The molecule has 0 radical (unpaired) electrons.